The highest BCUT2D eigenvalue weighted by Crippen LogP contribution is 2.32. The molecule has 4 nitrogen and oxygen atoms in total. The summed E-state index contributed by atoms with van der Waals surface area (Å²) in [5, 5.41) is 0.393. The van der Waals surface area contributed by atoms with Crippen molar-refractivity contribution < 1.29 is 8.42 Å². The lowest BCUT2D eigenvalue weighted by Crippen LogP contribution is -2.14. The quantitative estimate of drug-likeness (QED) is 0.808. The Kier molecular flexibility index (Phi) is 4.66. The molecule has 9 heteroatoms. The fraction of sp³-hybridized carbons (Fsp3) is 0. The number of nitrogens with zero attached hydrogens (tertiary/aromatic N) is 1. The number of hydrogen-bond donors (Lipinski definition) is 1. The molecular weight excluding hydrogens is 366 g/mol. The second-order valence-electron chi connectivity index (χ2n) is 3.65. The maximum atomic E-state index is 12.2. The molecule has 1 N–H and O–H groups in total. The van der Waals surface area contributed by atoms with Crippen molar-refractivity contribution in [3.8, 4) is 0 Å². The predicted octanol–water partition coefficient (Wildman–Crippen LogP) is 4.50. The van der Waals surface area contributed by atoms with E-state index in [1.165, 1.54) is 18.2 Å². The molecule has 0 fully saturated rings. The van der Waals surface area contributed by atoms with Crippen molar-refractivity contribution in [3.63, 3.8) is 0 Å². The second kappa shape index (κ2) is 5.95. The summed E-state index contributed by atoms with van der Waals surface area (Å²) >= 11 is 23.2. The summed E-state index contributed by atoms with van der Waals surface area (Å²) in [5.41, 5.74) is 0.0851. The van der Waals surface area contributed by atoms with Gasteiger partial charge in [-0.05, 0) is 18.2 Å². The summed E-state index contributed by atoms with van der Waals surface area (Å²) < 4.78 is 26.7. The van der Waals surface area contributed by atoms with Crippen molar-refractivity contribution in [2.45, 2.75) is 4.90 Å². The van der Waals surface area contributed by atoms with Gasteiger partial charge in [-0.15, -0.1) is 0 Å². The van der Waals surface area contributed by atoms with Crippen LogP contribution in [0, 0.1) is 0 Å². The first kappa shape index (κ1) is 15.7. The van der Waals surface area contributed by atoms with Gasteiger partial charge in [-0.25, -0.2) is 13.4 Å². The van der Waals surface area contributed by atoms with Crippen molar-refractivity contribution in [1.82, 2.24) is 4.98 Å². The summed E-state index contributed by atoms with van der Waals surface area (Å²) in [7, 11) is -3.92. The molecule has 2 aromatic rings. The van der Waals surface area contributed by atoms with Crippen LogP contribution in [0.25, 0.3) is 0 Å². The van der Waals surface area contributed by atoms with Gasteiger partial charge in [-0.1, -0.05) is 52.5 Å². The van der Waals surface area contributed by atoms with E-state index in [0.717, 1.165) is 6.20 Å². The Balaban J connectivity index is 2.43. The number of aromatic nitrogens is 1. The maximum Gasteiger partial charge on any atom is 0.263 e. The van der Waals surface area contributed by atoms with E-state index in [9.17, 15) is 8.42 Å². The molecule has 0 aliphatic carbocycles. The van der Waals surface area contributed by atoms with Crippen LogP contribution in [0.5, 0.6) is 0 Å². The Hall–Kier alpha value is -0.720. The van der Waals surface area contributed by atoms with Gasteiger partial charge in [0.05, 0.1) is 20.8 Å². The van der Waals surface area contributed by atoms with Crippen LogP contribution in [0.4, 0.5) is 5.69 Å². The molecule has 0 bridgehead atoms. The van der Waals surface area contributed by atoms with Gasteiger partial charge in [0.2, 0.25) is 0 Å². The van der Waals surface area contributed by atoms with E-state index in [-0.39, 0.29) is 30.8 Å². The summed E-state index contributed by atoms with van der Waals surface area (Å²) in [6.07, 6.45) is 1.08. The summed E-state index contributed by atoms with van der Waals surface area (Å²) in [5.74, 6) is 0. The highest BCUT2D eigenvalue weighted by molar-refractivity contribution is 7.92. The largest absolute Gasteiger partial charge is 0.277 e. The van der Waals surface area contributed by atoms with Gasteiger partial charge in [-0.2, -0.15) is 0 Å². The molecule has 2 rings (SSSR count). The predicted molar refractivity (Wildman–Crippen MR) is 81.5 cm³/mol. The molecule has 0 spiro atoms. The molecule has 1 aromatic heterocycles. The van der Waals surface area contributed by atoms with E-state index in [1.54, 1.807) is 6.07 Å². The van der Waals surface area contributed by atoms with Crippen LogP contribution in [0.15, 0.2) is 35.4 Å². The molecule has 106 valence electrons. The van der Waals surface area contributed by atoms with Crippen molar-refractivity contribution in [3.05, 3.63) is 50.7 Å². The summed E-state index contributed by atoms with van der Waals surface area (Å²) in [6.45, 7) is 0. The maximum absolute atomic E-state index is 12.2. The zero-order valence-electron chi connectivity index (χ0n) is 9.57. The molecule has 0 aliphatic rings. The van der Waals surface area contributed by atoms with Crippen LogP contribution < -0.4 is 4.72 Å². The van der Waals surface area contributed by atoms with E-state index in [4.69, 9.17) is 46.4 Å². The van der Waals surface area contributed by atoms with Gasteiger partial charge >= 0.3 is 0 Å². The van der Waals surface area contributed by atoms with E-state index in [2.05, 4.69) is 9.71 Å². The molecule has 0 unspecified atom stereocenters. The Bertz CT molecular complexity index is 745. The minimum atomic E-state index is -3.92. The van der Waals surface area contributed by atoms with Crippen molar-refractivity contribution in [2.24, 2.45) is 0 Å². The number of para-hydroxylation sites is 1. The third-order valence-corrected chi connectivity index (χ3v) is 4.91. The summed E-state index contributed by atoms with van der Waals surface area (Å²) in [6, 6.07) is 5.81. The minimum Gasteiger partial charge on any atom is -0.277 e. The standard InChI is InChI=1S/C11H6Cl4N2O2S/c12-7-2-1-3-8(13)10(7)17-20(18,19)6-4-9(14)11(15)16-5-6/h1-5,17H. The number of halogens is 4. The lowest BCUT2D eigenvalue weighted by Gasteiger charge is -2.11. The van der Waals surface area contributed by atoms with Crippen LogP contribution in [-0.4, -0.2) is 13.4 Å². The molecule has 0 amide bonds. The molecular formula is C11H6Cl4N2O2S. The van der Waals surface area contributed by atoms with Crippen LogP contribution in [-0.2, 0) is 10.0 Å². The monoisotopic (exact) mass is 370 g/mol. The highest BCUT2D eigenvalue weighted by Gasteiger charge is 2.19. The van der Waals surface area contributed by atoms with Crippen molar-refractivity contribution in [1.29, 1.82) is 0 Å². The van der Waals surface area contributed by atoms with Gasteiger partial charge < -0.3 is 0 Å². The van der Waals surface area contributed by atoms with E-state index in [0.29, 0.717) is 0 Å². The third-order valence-electron chi connectivity index (χ3n) is 2.28. The Morgan fingerprint density at radius 3 is 2.15 bits per heavy atom. The Morgan fingerprint density at radius 1 is 1.00 bits per heavy atom. The first-order valence-corrected chi connectivity index (χ1v) is 8.08. The average molecular weight is 372 g/mol. The summed E-state index contributed by atoms with van der Waals surface area (Å²) in [4.78, 5) is 3.53. The lowest BCUT2D eigenvalue weighted by molar-refractivity contribution is 0.601. The van der Waals surface area contributed by atoms with Crippen LogP contribution in [0.2, 0.25) is 20.2 Å². The normalized spacial score (nSPS) is 11.4. The van der Waals surface area contributed by atoms with Crippen LogP contribution in [0.1, 0.15) is 0 Å². The Morgan fingerprint density at radius 2 is 1.60 bits per heavy atom. The Labute approximate surface area is 135 Å². The fourth-order valence-corrected chi connectivity index (χ4v) is 3.35. The minimum absolute atomic E-state index is 0.0152. The highest BCUT2D eigenvalue weighted by atomic mass is 35.5. The molecule has 20 heavy (non-hydrogen) atoms. The molecule has 1 heterocycles. The number of rotatable bonds is 3. The van der Waals surface area contributed by atoms with Crippen LogP contribution >= 0.6 is 46.4 Å². The van der Waals surface area contributed by atoms with E-state index >= 15 is 0 Å². The van der Waals surface area contributed by atoms with E-state index < -0.39 is 10.0 Å². The molecule has 0 saturated carbocycles. The lowest BCUT2D eigenvalue weighted by atomic mass is 10.3. The molecule has 1 aromatic carbocycles. The molecule has 0 radical (unpaired) electrons. The van der Waals surface area contributed by atoms with Gasteiger partial charge in [0.1, 0.15) is 10.0 Å². The first-order valence-electron chi connectivity index (χ1n) is 5.09. The molecule has 0 aliphatic heterocycles. The van der Waals surface area contributed by atoms with Gasteiger partial charge in [0.25, 0.3) is 10.0 Å². The zero-order chi connectivity index (χ0) is 14.9. The van der Waals surface area contributed by atoms with Crippen LogP contribution in [0.3, 0.4) is 0 Å². The van der Waals surface area contributed by atoms with E-state index in [1.807, 2.05) is 0 Å². The van der Waals surface area contributed by atoms with Gasteiger partial charge in [-0.3, -0.25) is 4.72 Å². The molecule has 0 saturated heterocycles. The number of sulfonamides is 1. The number of anilines is 1. The third kappa shape index (κ3) is 3.30. The number of nitrogens with one attached hydrogen (secondary N) is 1. The van der Waals surface area contributed by atoms with Gasteiger partial charge in [0, 0.05) is 6.20 Å². The fourth-order valence-electron chi connectivity index (χ4n) is 1.34. The SMILES string of the molecule is O=S(=O)(Nc1c(Cl)cccc1Cl)c1cnc(Cl)c(Cl)c1. The number of hydrogen-bond acceptors (Lipinski definition) is 3. The second-order valence-corrected chi connectivity index (χ2v) is 6.91. The number of benzene rings is 1. The zero-order valence-corrected chi connectivity index (χ0v) is 13.4. The first-order chi connectivity index (χ1) is 9.31. The van der Waals surface area contributed by atoms with Crippen molar-refractivity contribution in [2.75, 3.05) is 4.72 Å². The number of pyridine rings is 1. The molecule has 0 atom stereocenters. The smallest absolute Gasteiger partial charge is 0.263 e. The average Bonchev–Trinajstić information content (AvgIpc) is 2.37. The van der Waals surface area contributed by atoms with Gasteiger partial charge in [0.15, 0.2) is 0 Å². The topological polar surface area (TPSA) is 59.1 Å². The van der Waals surface area contributed by atoms with Crippen molar-refractivity contribution >= 4 is 62.1 Å².